The van der Waals surface area contributed by atoms with E-state index < -0.39 is 0 Å². The molecule has 5 heteroatoms. The van der Waals surface area contributed by atoms with Crippen molar-refractivity contribution in [3.05, 3.63) is 42.6 Å². The molecule has 2 aromatic rings. The number of benzene rings is 1. The Kier molecular flexibility index (Phi) is 4.71. The van der Waals surface area contributed by atoms with Crippen molar-refractivity contribution in [1.29, 1.82) is 0 Å². The number of nitrogens with zero attached hydrogens (tertiary/aromatic N) is 4. The topological polar surface area (TPSA) is 41.5 Å². The molecule has 5 nitrogen and oxygen atoms in total. The average molecular weight is 324 g/mol. The first kappa shape index (κ1) is 15.5. The summed E-state index contributed by atoms with van der Waals surface area (Å²) in [5.74, 6) is 1.56. The van der Waals surface area contributed by atoms with Crippen LogP contribution in [0.15, 0.2) is 42.6 Å². The van der Waals surface area contributed by atoms with Gasteiger partial charge in [-0.15, -0.1) is 0 Å². The number of ether oxygens (including phenoxy) is 1. The van der Waals surface area contributed by atoms with Gasteiger partial charge in [0.05, 0.1) is 12.3 Å². The molecule has 0 amide bonds. The van der Waals surface area contributed by atoms with Gasteiger partial charge in [-0.05, 0) is 18.4 Å². The predicted molar refractivity (Wildman–Crippen MR) is 95.0 cm³/mol. The Hall–Kier alpha value is -1.98. The van der Waals surface area contributed by atoms with Crippen molar-refractivity contribution in [2.24, 2.45) is 5.92 Å². The van der Waals surface area contributed by atoms with Crippen LogP contribution in [0.2, 0.25) is 0 Å². The minimum Gasteiger partial charge on any atom is -0.381 e. The number of hydrogen-bond donors (Lipinski definition) is 0. The fourth-order valence-corrected chi connectivity index (χ4v) is 3.49. The smallest absolute Gasteiger partial charge is 0.225 e. The van der Waals surface area contributed by atoms with Crippen molar-refractivity contribution < 1.29 is 4.74 Å². The van der Waals surface area contributed by atoms with Crippen molar-refractivity contribution in [3.63, 3.8) is 0 Å². The normalized spacial score (nSPS) is 22.0. The van der Waals surface area contributed by atoms with Crippen molar-refractivity contribution in [3.8, 4) is 11.3 Å². The molecule has 1 aromatic carbocycles. The summed E-state index contributed by atoms with van der Waals surface area (Å²) in [5, 5.41) is 0. The van der Waals surface area contributed by atoms with Gasteiger partial charge < -0.3 is 9.64 Å². The van der Waals surface area contributed by atoms with E-state index in [0.29, 0.717) is 5.92 Å². The lowest BCUT2D eigenvalue weighted by Gasteiger charge is -2.35. The van der Waals surface area contributed by atoms with Gasteiger partial charge >= 0.3 is 0 Å². The second kappa shape index (κ2) is 7.28. The molecule has 4 rings (SSSR count). The fourth-order valence-electron chi connectivity index (χ4n) is 3.49. The molecule has 0 bridgehead atoms. The van der Waals surface area contributed by atoms with Gasteiger partial charge in [0.15, 0.2) is 0 Å². The number of rotatable bonds is 4. The zero-order chi connectivity index (χ0) is 16.2. The standard InChI is InChI=1S/C19H24N4O/c1-2-4-17(5-3-1)18-6-8-20-19(21-18)23-11-9-22(10-12-23)14-16-7-13-24-15-16/h1-6,8,16H,7,9-15H2/t16-/m1/s1. The van der Waals surface area contributed by atoms with E-state index in [2.05, 4.69) is 26.9 Å². The van der Waals surface area contributed by atoms with Crippen LogP contribution in [0.4, 0.5) is 5.95 Å². The molecule has 0 spiro atoms. The van der Waals surface area contributed by atoms with Crippen LogP contribution in [-0.4, -0.2) is 60.8 Å². The van der Waals surface area contributed by atoms with E-state index in [9.17, 15) is 0 Å². The Morgan fingerprint density at radius 1 is 1.04 bits per heavy atom. The third-order valence-corrected chi connectivity index (χ3v) is 4.91. The SMILES string of the molecule is c1ccc(-c2ccnc(N3CCN(C[C@H]4CCOC4)CC3)n2)cc1. The fraction of sp³-hybridized carbons (Fsp3) is 0.474. The maximum absolute atomic E-state index is 5.49. The monoisotopic (exact) mass is 324 g/mol. The van der Waals surface area contributed by atoms with Crippen LogP contribution in [0, 0.1) is 5.92 Å². The Bertz CT molecular complexity index is 649. The second-order valence-electron chi connectivity index (χ2n) is 6.63. The number of aromatic nitrogens is 2. The first-order chi connectivity index (χ1) is 11.9. The first-order valence-corrected chi connectivity index (χ1v) is 8.82. The maximum Gasteiger partial charge on any atom is 0.225 e. The molecule has 0 N–H and O–H groups in total. The predicted octanol–water partition coefficient (Wildman–Crippen LogP) is 2.30. The molecule has 3 heterocycles. The van der Waals surface area contributed by atoms with Crippen LogP contribution >= 0.6 is 0 Å². The van der Waals surface area contributed by atoms with E-state index in [4.69, 9.17) is 9.72 Å². The molecule has 0 unspecified atom stereocenters. The average Bonchev–Trinajstić information content (AvgIpc) is 3.16. The molecule has 0 radical (unpaired) electrons. The van der Waals surface area contributed by atoms with Gasteiger partial charge in [-0.25, -0.2) is 9.97 Å². The second-order valence-corrected chi connectivity index (χ2v) is 6.63. The Morgan fingerprint density at radius 3 is 2.62 bits per heavy atom. The maximum atomic E-state index is 5.49. The Labute approximate surface area is 143 Å². The number of hydrogen-bond acceptors (Lipinski definition) is 5. The molecule has 2 saturated heterocycles. The van der Waals surface area contributed by atoms with Crippen LogP contribution in [0.1, 0.15) is 6.42 Å². The minimum atomic E-state index is 0.717. The molecule has 0 saturated carbocycles. The van der Waals surface area contributed by atoms with E-state index in [0.717, 1.165) is 56.6 Å². The lowest BCUT2D eigenvalue weighted by Crippen LogP contribution is -2.48. The third kappa shape index (κ3) is 3.57. The van der Waals surface area contributed by atoms with Crippen LogP contribution in [0.25, 0.3) is 11.3 Å². The van der Waals surface area contributed by atoms with Crippen LogP contribution < -0.4 is 4.90 Å². The van der Waals surface area contributed by atoms with Gasteiger partial charge in [-0.3, -0.25) is 4.90 Å². The quantitative estimate of drug-likeness (QED) is 0.863. The molecule has 126 valence electrons. The van der Waals surface area contributed by atoms with Gasteiger partial charge in [0.2, 0.25) is 5.95 Å². The summed E-state index contributed by atoms with van der Waals surface area (Å²) in [6, 6.07) is 12.3. The van der Waals surface area contributed by atoms with Gasteiger partial charge in [-0.1, -0.05) is 30.3 Å². The molecule has 2 aliphatic rings. The molecular weight excluding hydrogens is 300 g/mol. The van der Waals surface area contributed by atoms with E-state index >= 15 is 0 Å². The summed E-state index contributed by atoms with van der Waals surface area (Å²) in [4.78, 5) is 14.1. The van der Waals surface area contributed by atoms with Crippen molar-refractivity contribution in [2.45, 2.75) is 6.42 Å². The molecule has 2 fully saturated rings. The highest BCUT2D eigenvalue weighted by Gasteiger charge is 2.23. The van der Waals surface area contributed by atoms with Crippen LogP contribution in [0.5, 0.6) is 0 Å². The molecule has 1 atom stereocenters. The van der Waals surface area contributed by atoms with Crippen LogP contribution in [-0.2, 0) is 4.74 Å². The van der Waals surface area contributed by atoms with Crippen molar-refractivity contribution in [1.82, 2.24) is 14.9 Å². The van der Waals surface area contributed by atoms with E-state index in [1.54, 1.807) is 0 Å². The molecule has 2 aliphatic heterocycles. The highest BCUT2D eigenvalue weighted by molar-refractivity contribution is 5.59. The summed E-state index contributed by atoms with van der Waals surface area (Å²) in [6.07, 6.45) is 3.08. The highest BCUT2D eigenvalue weighted by Crippen LogP contribution is 2.20. The molecule has 0 aliphatic carbocycles. The molecular formula is C19H24N4O. The summed E-state index contributed by atoms with van der Waals surface area (Å²) in [5.41, 5.74) is 2.13. The third-order valence-electron chi connectivity index (χ3n) is 4.91. The van der Waals surface area contributed by atoms with Gasteiger partial charge in [-0.2, -0.15) is 0 Å². The molecule has 24 heavy (non-hydrogen) atoms. The Morgan fingerprint density at radius 2 is 1.88 bits per heavy atom. The van der Waals surface area contributed by atoms with E-state index in [1.165, 1.54) is 13.0 Å². The summed E-state index contributed by atoms with van der Waals surface area (Å²) >= 11 is 0. The van der Waals surface area contributed by atoms with Crippen molar-refractivity contribution >= 4 is 5.95 Å². The zero-order valence-corrected chi connectivity index (χ0v) is 14.0. The van der Waals surface area contributed by atoms with Gasteiger partial charge in [0.1, 0.15) is 0 Å². The summed E-state index contributed by atoms with van der Waals surface area (Å²) in [6.45, 7) is 7.18. The van der Waals surface area contributed by atoms with E-state index in [1.807, 2.05) is 30.5 Å². The largest absolute Gasteiger partial charge is 0.381 e. The summed E-state index contributed by atoms with van der Waals surface area (Å²) < 4.78 is 5.49. The number of anilines is 1. The molecule has 1 aromatic heterocycles. The van der Waals surface area contributed by atoms with Crippen molar-refractivity contribution in [2.75, 3.05) is 50.8 Å². The first-order valence-electron chi connectivity index (χ1n) is 8.82. The lowest BCUT2D eigenvalue weighted by molar-refractivity contribution is 0.164. The van der Waals surface area contributed by atoms with E-state index in [-0.39, 0.29) is 0 Å². The Balaban J connectivity index is 1.38. The summed E-state index contributed by atoms with van der Waals surface area (Å²) in [7, 11) is 0. The highest BCUT2D eigenvalue weighted by atomic mass is 16.5. The van der Waals surface area contributed by atoms with Crippen LogP contribution in [0.3, 0.4) is 0 Å². The minimum absolute atomic E-state index is 0.717. The number of piperazine rings is 1. The lowest BCUT2D eigenvalue weighted by atomic mass is 10.1. The van der Waals surface area contributed by atoms with Gasteiger partial charge in [0.25, 0.3) is 0 Å². The van der Waals surface area contributed by atoms with Gasteiger partial charge in [0, 0.05) is 51.1 Å². The zero-order valence-electron chi connectivity index (χ0n) is 14.0.